The first-order valence-corrected chi connectivity index (χ1v) is 11.0. The topological polar surface area (TPSA) is 0 Å². The molecule has 0 amide bonds. The zero-order chi connectivity index (χ0) is 8.74. The molecule has 0 rings (SSSR count). The van der Waals surface area contributed by atoms with Gasteiger partial charge in [-0.25, -0.2) is 0 Å². The molecule has 0 aromatic carbocycles. The summed E-state index contributed by atoms with van der Waals surface area (Å²) in [5.74, 6) is 6.07. The summed E-state index contributed by atoms with van der Waals surface area (Å²) in [5, 5.41) is 0. The Morgan fingerprint density at radius 2 is 1.27 bits per heavy atom. The van der Waals surface area contributed by atoms with Gasteiger partial charge in [-0.05, 0) is 0 Å². The van der Waals surface area contributed by atoms with Crippen LogP contribution >= 0.6 is 0 Å². The summed E-state index contributed by atoms with van der Waals surface area (Å²) in [6.07, 6.45) is 0. The van der Waals surface area contributed by atoms with Crippen LogP contribution in [-0.2, 0) is 0 Å². The molecule has 0 aliphatic rings. The maximum absolute atomic E-state index is 3.38. The fraction of sp³-hybridized carbons (Fsp3) is 0.600. The van der Waals surface area contributed by atoms with Gasteiger partial charge >= 0.3 is 74.7 Å². The molecule has 0 saturated heterocycles. The summed E-state index contributed by atoms with van der Waals surface area (Å²) in [4.78, 5) is 0. The molecule has 0 aliphatic heterocycles. The monoisotopic (exact) mass is 256 g/mol. The predicted octanol–water partition coefficient (Wildman–Crippen LogP) is 2.60. The fourth-order valence-corrected chi connectivity index (χ4v) is 7.47. The molecule has 0 saturated carbocycles. The summed E-state index contributed by atoms with van der Waals surface area (Å²) in [6, 6.07) is 0. The van der Waals surface area contributed by atoms with Crippen molar-refractivity contribution in [2.75, 3.05) is 0 Å². The third-order valence-electron chi connectivity index (χ3n) is 1.94. The Bertz CT molecular complexity index is 193. The summed E-state index contributed by atoms with van der Waals surface area (Å²) >= 11 is -2.20. The molecule has 0 N–H and O–H groups in total. The third-order valence-corrected chi connectivity index (χ3v) is 13.0. The van der Waals surface area contributed by atoms with Crippen molar-refractivity contribution in [2.45, 2.75) is 36.6 Å². The molecule has 0 nitrogen and oxygen atoms in total. The van der Waals surface area contributed by atoms with E-state index in [1.807, 2.05) is 13.8 Å². The van der Waals surface area contributed by atoms with Crippen molar-refractivity contribution in [3.63, 3.8) is 0 Å². The molecule has 0 atom stereocenters. The minimum atomic E-state index is -2.20. The molecule has 0 aliphatic carbocycles. The van der Waals surface area contributed by atoms with Crippen LogP contribution in [0.3, 0.4) is 0 Å². The van der Waals surface area contributed by atoms with Gasteiger partial charge in [0.25, 0.3) is 0 Å². The van der Waals surface area contributed by atoms with Crippen molar-refractivity contribution in [2.24, 2.45) is 0 Å². The van der Waals surface area contributed by atoms with E-state index in [1.54, 1.807) is 0 Å². The number of hydrogen-bond acceptors (Lipinski definition) is 0. The summed E-state index contributed by atoms with van der Waals surface area (Å²) in [6.45, 7) is 8.31. The fourth-order valence-electron chi connectivity index (χ4n) is 1.11. The van der Waals surface area contributed by atoms with E-state index >= 15 is 0 Å². The normalized spacial score (nSPS) is 9.09. The van der Waals surface area contributed by atoms with Crippen LogP contribution in [0.15, 0.2) is 0 Å². The zero-order valence-corrected chi connectivity index (χ0v) is 10.8. The first-order chi connectivity index (χ1) is 5.24. The average molecular weight is 255 g/mol. The molecule has 0 spiro atoms. The Morgan fingerprint density at radius 1 is 0.909 bits per heavy atom. The molecule has 60 valence electrons. The molecule has 0 radical (unpaired) electrons. The molecule has 0 bridgehead atoms. The molecule has 0 aromatic rings. The average Bonchev–Trinajstić information content (AvgIpc) is 2.04. The van der Waals surface area contributed by atoms with Crippen LogP contribution in [0.4, 0.5) is 0 Å². The van der Waals surface area contributed by atoms with Gasteiger partial charge in [-0.3, -0.25) is 0 Å². The van der Waals surface area contributed by atoms with Gasteiger partial charge in [0.1, 0.15) is 0 Å². The molecule has 11 heavy (non-hydrogen) atoms. The SMILES string of the molecule is CC#[C][Sn]([C]#CC)([CH2]C)[CH2]C. The van der Waals surface area contributed by atoms with Gasteiger partial charge in [0.2, 0.25) is 0 Å². The van der Waals surface area contributed by atoms with E-state index in [1.165, 1.54) is 8.87 Å². The van der Waals surface area contributed by atoms with Crippen molar-refractivity contribution in [3.05, 3.63) is 0 Å². The van der Waals surface area contributed by atoms with Crippen molar-refractivity contribution >= 4 is 18.4 Å². The van der Waals surface area contributed by atoms with E-state index in [4.69, 9.17) is 0 Å². The van der Waals surface area contributed by atoms with Gasteiger partial charge in [-0.1, -0.05) is 0 Å². The maximum atomic E-state index is 3.38. The van der Waals surface area contributed by atoms with Crippen LogP contribution in [0.5, 0.6) is 0 Å². The second kappa shape index (κ2) is 5.55. The Morgan fingerprint density at radius 3 is 1.45 bits per heavy atom. The van der Waals surface area contributed by atoms with Crippen molar-refractivity contribution in [1.82, 2.24) is 0 Å². The summed E-state index contributed by atoms with van der Waals surface area (Å²) < 4.78 is 9.22. The van der Waals surface area contributed by atoms with Crippen molar-refractivity contribution in [1.29, 1.82) is 0 Å². The van der Waals surface area contributed by atoms with E-state index in [2.05, 4.69) is 33.6 Å². The van der Waals surface area contributed by atoms with Gasteiger partial charge in [0.15, 0.2) is 0 Å². The van der Waals surface area contributed by atoms with Gasteiger partial charge in [-0.2, -0.15) is 0 Å². The van der Waals surface area contributed by atoms with Gasteiger partial charge in [0.05, 0.1) is 0 Å². The van der Waals surface area contributed by atoms with Gasteiger partial charge < -0.3 is 0 Å². The van der Waals surface area contributed by atoms with E-state index in [9.17, 15) is 0 Å². The summed E-state index contributed by atoms with van der Waals surface area (Å²) in [5.41, 5.74) is 0. The molecule has 0 aromatic heterocycles. The first-order valence-electron chi connectivity index (χ1n) is 4.12. The molecule has 0 heterocycles. The third kappa shape index (κ3) is 3.21. The number of rotatable bonds is 2. The quantitative estimate of drug-likeness (QED) is 0.525. The Kier molecular flexibility index (Phi) is 5.51. The number of hydrogen-bond donors (Lipinski definition) is 0. The Hall–Kier alpha value is -0.0813. The van der Waals surface area contributed by atoms with E-state index in [0.717, 1.165) is 0 Å². The molecule has 1 heteroatoms. The van der Waals surface area contributed by atoms with E-state index in [0.29, 0.717) is 0 Å². The zero-order valence-electron chi connectivity index (χ0n) is 7.91. The Balaban J connectivity index is 4.65. The standard InChI is InChI=1S/2C3H3.2C2H5.Sn/c2*1-3-2;2*1-2;/h2*1H3;2*1H2,2H3;. The second-order valence-corrected chi connectivity index (χ2v) is 14.2. The molecular weight excluding hydrogens is 239 g/mol. The van der Waals surface area contributed by atoms with E-state index < -0.39 is 18.4 Å². The van der Waals surface area contributed by atoms with E-state index in [-0.39, 0.29) is 0 Å². The predicted molar refractivity (Wildman–Crippen MR) is 53.6 cm³/mol. The van der Waals surface area contributed by atoms with Crippen molar-refractivity contribution in [3.8, 4) is 19.7 Å². The van der Waals surface area contributed by atoms with Crippen LogP contribution in [0, 0.1) is 19.7 Å². The second-order valence-electron chi connectivity index (χ2n) is 2.54. The van der Waals surface area contributed by atoms with Crippen LogP contribution < -0.4 is 0 Å². The van der Waals surface area contributed by atoms with Gasteiger partial charge in [0, 0.05) is 0 Å². The minimum absolute atomic E-state index is 1.23. The molecule has 0 unspecified atom stereocenters. The summed E-state index contributed by atoms with van der Waals surface area (Å²) in [7, 11) is 0. The Labute approximate surface area is 74.6 Å². The van der Waals surface area contributed by atoms with Gasteiger partial charge in [-0.15, -0.1) is 0 Å². The molecule has 0 fully saturated rings. The van der Waals surface area contributed by atoms with Crippen LogP contribution in [-0.4, -0.2) is 18.4 Å². The van der Waals surface area contributed by atoms with Crippen molar-refractivity contribution < 1.29 is 0 Å². The van der Waals surface area contributed by atoms with Crippen LogP contribution in [0.1, 0.15) is 27.7 Å². The first kappa shape index (κ1) is 10.9. The van der Waals surface area contributed by atoms with Crippen LogP contribution in [0.25, 0.3) is 0 Å². The van der Waals surface area contributed by atoms with Crippen LogP contribution in [0.2, 0.25) is 8.87 Å². The molecular formula is C10H16Sn.